The summed E-state index contributed by atoms with van der Waals surface area (Å²) in [5, 5.41) is 26.9. The van der Waals surface area contributed by atoms with E-state index in [0.29, 0.717) is 6.42 Å². The molecule has 0 saturated carbocycles. The first-order valence-electron chi connectivity index (χ1n) is 8.78. The summed E-state index contributed by atoms with van der Waals surface area (Å²) >= 11 is 0. The highest BCUT2D eigenvalue weighted by Gasteiger charge is 2.28. The third-order valence-corrected chi connectivity index (χ3v) is 3.98. The number of carboxylic acids is 3. The van der Waals surface area contributed by atoms with Gasteiger partial charge in [-0.25, -0.2) is 0 Å². The van der Waals surface area contributed by atoms with Crippen LogP contribution in [-0.4, -0.2) is 57.3 Å². The van der Waals surface area contributed by atoms with Gasteiger partial charge in [-0.15, -0.1) is 0 Å². The largest absolute Gasteiger partial charge is 0.480 e. The lowest BCUT2D eigenvalue weighted by Gasteiger charge is -2.25. The molecule has 1 unspecified atom stereocenters. The Hall–Kier alpha value is -1.63. The SMILES string of the molecule is CCCCCCCCCCCC(C(=O)O)N(CC(=O)O)CC(=O)O. The van der Waals surface area contributed by atoms with E-state index in [1.165, 1.54) is 32.1 Å². The van der Waals surface area contributed by atoms with Gasteiger partial charge in [-0.1, -0.05) is 64.7 Å². The van der Waals surface area contributed by atoms with Gasteiger partial charge in [0.05, 0.1) is 13.1 Å². The van der Waals surface area contributed by atoms with E-state index >= 15 is 0 Å². The molecule has 0 spiro atoms. The molecule has 7 heteroatoms. The van der Waals surface area contributed by atoms with Crippen LogP contribution in [0.25, 0.3) is 0 Å². The lowest BCUT2D eigenvalue weighted by Crippen LogP contribution is -2.46. The molecule has 0 aliphatic rings. The first-order valence-corrected chi connectivity index (χ1v) is 8.78. The highest BCUT2D eigenvalue weighted by molar-refractivity contribution is 5.78. The van der Waals surface area contributed by atoms with Crippen LogP contribution in [0.2, 0.25) is 0 Å². The van der Waals surface area contributed by atoms with Crippen LogP contribution in [0, 0.1) is 0 Å². The maximum absolute atomic E-state index is 11.3. The van der Waals surface area contributed by atoms with Gasteiger partial charge in [-0.05, 0) is 6.42 Å². The van der Waals surface area contributed by atoms with Crippen molar-refractivity contribution in [1.29, 1.82) is 0 Å². The van der Waals surface area contributed by atoms with Crippen LogP contribution in [0.3, 0.4) is 0 Å². The smallest absolute Gasteiger partial charge is 0.320 e. The molecule has 0 aromatic heterocycles. The van der Waals surface area contributed by atoms with Crippen LogP contribution in [0.4, 0.5) is 0 Å². The predicted molar refractivity (Wildman–Crippen MR) is 90.1 cm³/mol. The van der Waals surface area contributed by atoms with Crippen molar-refractivity contribution in [3.63, 3.8) is 0 Å². The number of hydrogen-bond acceptors (Lipinski definition) is 4. The molecule has 140 valence electrons. The zero-order valence-corrected chi connectivity index (χ0v) is 14.6. The third kappa shape index (κ3) is 11.9. The molecule has 0 aromatic carbocycles. The summed E-state index contributed by atoms with van der Waals surface area (Å²) in [6.07, 6.45) is 10.1. The van der Waals surface area contributed by atoms with E-state index in [0.717, 1.165) is 24.2 Å². The van der Waals surface area contributed by atoms with Crippen molar-refractivity contribution in [2.45, 2.75) is 77.2 Å². The number of carbonyl (C=O) groups is 3. The van der Waals surface area contributed by atoms with Crippen molar-refractivity contribution in [2.24, 2.45) is 0 Å². The van der Waals surface area contributed by atoms with Gasteiger partial charge in [-0.3, -0.25) is 19.3 Å². The van der Waals surface area contributed by atoms with Gasteiger partial charge in [0.25, 0.3) is 0 Å². The molecule has 0 fully saturated rings. The molecule has 3 N–H and O–H groups in total. The molecule has 24 heavy (non-hydrogen) atoms. The molecule has 0 bridgehead atoms. The van der Waals surface area contributed by atoms with E-state index in [9.17, 15) is 19.5 Å². The van der Waals surface area contributed by atoms with Gasteiger partial charge in [0.15, 0.2) is 0 Å². The van der Waals surface area contributed by atoms with Crippen LogP contribution in [0.5, 0.6) is 0 Å². The summed E-state index contributed by atoms with van der Waals surface area (Å²) < 4.78 is 0. The monoisotopic (exact) mass is 345 g/mol. The zero-order valence-electron chi connectivity index (χ0n) is 14.6. The van der Waals surface area contributed by atoms with E-state index in [2.05, 4.69) is 6.92 Å². The predicted octanol–water partition coefficient (Wildman–Crippen LogP) is 2.83. The second-order valence-electron chi connectivity index (χ2n) is 6.16. The van der Waals surface area contributed by atoms with E-state index in [1.807, 2.05) is 0 Å². The van der Waals surface area contributed by atoms with E-state index < -0.39 is 37.0 Å². The second-order valence-corrected chi connectivity index (χ2v) is 6.16. The normalized spacial score (nSPS) is 12.2. The van der Waals surface area contributed by atoms with Crippen molar-refractivity contribution in [3.05, 3.63) is 0 Å². The maximum atomic E-state index is 11.3. The minimum Gasteiger partial charge on any atom is -0.480 e. The number of hydrogen-bond donors (Lipinski definition) is 3. The topological polar surface area (TPSA) is 115 Å². The summed E-state index contributed by atoms with van der Waals surface area (Å²) in [5.41, 5.74) is 0. The fourth-order valence-electron chi connectivity index (χ4n) is 2.73. The fraction of sp³-hybridized carbons (Fsp3) is 0.824. The average Bonchev–Trinajstić information content (AvgIpc) is 2.47. The molecule has 0 heterocycles. The first kappa shape index (κ1) is 22.4. The summed E-state index contributed by atoms with van der Waals surface area (Å²) in [4.78, 5) is 34.0. The maximum Gasteiger partial charge on any atom is 0.320 e. The van der Waals surface area contributed by atoms with E-state index in [4.69, 9.17) is 10.2 Å². The van der Waals surface area contributed by atoms with E-state index in [-0.39, 0.29) is 6.42 Å². The molecule has 1 atom stereocenters. The Kier molecular flexibility index (Phi) is 12.8. The Bertz CT molecular complexity index is 369. The molecule has 0 amide bonds. The van der Waals surface area contributed by atoms with Crippen molar-refractivity contribution in [1.82, 2.24) is 4.90 Å². The highest BCUT2D eigenvalue weighted by Crippen LogP contribution is 2.14. The van der Waals surface area contributed by atoms with Crippen molar-refractivity contribution in [3.8, 4) is 0 Å². The minimum absolute atomic E-state index is 0.270. The fourth-order valence-corrected chi connectivity index (χ4v) is 2.73. The number of carboxylic acid groups (broad SMARTS) is 3. The molecular formula is C17H31NO6. The van der Waals surface area contributed by atoms with Crippen LogP contribution < -0.4 is 0 Å². The Balaban J connectivity index is 4.15. The summed E-state index contributed by atoms with van der Waals surface area (Å²) in [6, 6.07) is -1.07. The molecule has 0 aliphatic carbocycles. The number of aliphatic carboxylic acids is 3. The molecule has 7 nitrogen and oxygen atoms in total. The Labute approximate surface area is 143 Å². The van der Waals surface area contributed by atoms with Crippen molar-refractivity contribution < 1.29 is 29.7 Å². The number of unbranched alkanes of at least 4 members (excludes halogenated alkanes) is 8. The van der Waals surface area contributed by atoms with E-state index in [1.54, 1.807) is 0 Å². The molecule has 0 aromatic rings. The standard InChI is InChI=1S/C17H31NO6/c1-2-3-4-5-6-7-8-9-10-11-14(17(23)24)18(12-15(19)20)13-16(21)22/h14H,2-13H2,1H3,(H,19,20)(H,21,22)(H,23,24). The number of nitrogens with zero attached hydrogens (tertiary/aromatic N) is 1. The first-order chi connectivity index (χ1) is 11.4. The quantitative estimate of drug-likeness (QED) is 0.368. The summed E-state index contributed by atoms with van der Waals surface area (Å²) in [7, 11) is 0. The van der Waals surface area contributed by atoms with Crippen LogP contribution in [0.1, 0.15) is 71.1 Å². The molecule has 0 radical (unpaired) electrons. The molecule has 0 saturated heterocycles. The minimum atomic E-state index is -1.23. The van der Waals surface area contributed by atoms with Crippen molar-refractivity contribution >= 4 is 17.9 Å². The summed E-state index contributed by atoms with van der Waals surface area (Å²) in [5.74, 6) is -3.62. The number of rotatable bonds is 16. The highest BCUT2D eigenvalue weighted by atomic mass is 16.4. The van der Waals surface area contributed by atoms with Gasteiger partial charge in [0, 0.05) is 0 Å². The van der Waals surface area contributed by atoms with Gasteiger partial charge >= 0.3 is 17.9 Å². The zero-order chi connectivity index (χ0) is 18.4. The van der Waals surface area contributed by atoms with Crippen LogP contribution in [0.15, 0.2) is 0 Å². The summed E-state index contributed by atoms with van der Waals surface area (Å²) in [6.45, 7) is 1.01. The Morgan fingerprint density at radius 1 is 0.750 bits per heavy atom. The second kappa shape index (κ2) is 13.8. The van der Waals surface area contributed by atoms with Gasteiger partial charge in [0.1, 0.15) is 6.04 Å². The lowest BCUT2D eigenvalue weighted by molar-refractivity contribution is -0.149. The molecule has 0 rings (SSSR count). The van der Waals surface area contributed by atoms with Gasteiger partial charge < -0.3 is 15.3 Å². The van der Waals surface area contributed by atoms with Crippen LogP contribution >= 0.6 is 0 Å². The van der Waals surface area contributed by atoms with Gasteiger partial charge in [-0.2, -0.15) is 0 Å². The van der Waals surface area contributed by atoms with Crippen LogP contribution in [-0.2, 0) is 14.4 Å². The Morgan fingerprint density at radius 2 is 1.17 bits per heavy atom. The molecule has 0 aliphatic heterocycles. The average molecular weight is 345 g/mol. The van der Waals surface area contributed by atoms with Crippen molar-refractivity contribution in [2.75, 3.05) is 13.1 Å². The third-order valence-electron chi connectivity index (χ3n) is 3.98. The lowest BCUT2D eigenvalue weighted by atomic mass is 10.0. The Morgan fingerprint density at radius 3 is 1.54 bits per heavy atom. The molecular weight excluding hydrogens is 314 g/mol. The van der Waals surface area contributed by atoms with Gasteiger partial charge in [0.2, 0.25) is 0 Å².